The molecule has 1 N–H and O–H groups in total. The Balaban J connectivity index is 1.72. The molecular formula is C15H25N3O. The van der Waals surface area contributed by atoms with Gasteiger partial charge in [-0.2, -0.15) is 0 Å². The van der Waals surface area contributed by atoms with Crippen LogP contribution in [0, 0.1) is 12.8 Å². The van der Waals surface area contributed by atoms with Crippen molar-refractivity contribution in [3.8, 4) is 0 Å². The third kappa shape index (κ3) is 2.78. The van der Waals surface area contributed by atoms with Crippen molar-refractivity contribution in [1.29, 1.82) is 0 Å². The lowest BCUT2D eigenvalue weighted by molar-refractivity contribution is 0.183. The van der Waals surface area contributed by atoms with E-state index in [1.54, 1.807) is 0 Å². The van der Waals surface area contributed by atoms with Gasteiger partial charge in [0, 0.05) is 30.8 Å². The Morgan fingerprint density at radius 2 is 2.16 bits per heavy atom. The number of hydrogen-bond acceptors (Lipinski definition) is 3. The van der Waals surface area contributed by atoms with Crippen LogP contribution in [0.2, 0.25) is 0 Å². The van der Waals surface area contributed by atoms with Crippen LogP contribution in [0.4, 0.5) is 5.95 Å². The molecule has 106 valence electrons. The Bertz CT molecular complexity index is 417. The second-order valence-corrected chi connectivity index (χ2v) is 6.11. The lowest BCUT2D eigenvalue weighted by Crippen LogP contribution is -2.28. The summed E-state index contributed by atoms with van der Waals surface area (Å²) < 4.78 is 7.85. The molecule has 0 amide bonds. The molecule has 4 heteroatoms. The van der Waals surface area contributed by atoms with Gasteiger partial charge >= 0.3 is 0 Å². The Hall–Kier alpha value is -1.03. The van der Waals surface area contributed by atoms with E-state index in [0.717, 1.165) is 31.3 Å². The van der Waals surface area contributed by atoms with Crippen molar-refractivity contribution < 1.29 is 4.74 Å². The van der Waals surface area contributed by atoms with Gasteiger partial charge in [0.05, 0.1) is 12.3 Å². The zero-order valence-electron chi connectivity index (χ0n) is 12.1. The van der Waals surface area contributed by atoms with Gasteiger partial charge in [0.2, 0.25) is 5.95 Å². The molecule has 19 heavy (non-hydrogen) atoms. The minimum Gasteiger partial charge on any atom is -0.381 e. The number of hydrogen-bond donors (Lipinski definition) is 1. The van der Waals surface area contributed by atoms with Crippen molar-refractivity contribution in [3.63, 3.8) is 0 Å². The zero-order chi connectivity index (χ0) is 13.2. The summed E-state index contributed by atoms with van der Waals surface area (Å²) in [6, 6.07) is 1.08. The van der Waals surface area contributed by atoms with Crippen LogP contribution >= 0.6 is 0 Å². The smallest absolute Gasteiger partial charge is 0.203 e. The van der Waals surface area contributed by atoms with Crippen LogP contribution in [0.15, 0.2) is 6.20 Å². The van der Waals surface area contributed by atoms with E-state index in [0.29, 0.717) is 18.0 Å². The molecule has 2 fully saturated rings. The SMILES string of the molecule is Cc1cn(C2CCCC2)c(NC(C)C2CCOC2)n1. The van der Waals surface area contributed by atoms with Crippen molar-refractivity contribution in [1.82, 2.24) is 9.55 Å². The molecule has 2 atom stereocenters. The summed E-state index contributed by atoms with van der Waals surface area (Å²) in [6.45, 7) is 6.13. The minimum atomic E-state index is 0.435. The first-order valence-corrected chi connectivity index (χ1v) is 7.64. The van der Waals surface area contributed by atoms with Gasteiger partial charge in [-0.1, -0.05) is 12.8 Å². The molecule has 1 aliphatic heterocycles. The monoisotopic (exact) mass is 263 g/mol. The summed E-state index contributed by atoms with van der Waals surface area (Å²) in [5.41, 5.74) is 1.12. The number of ether oxygens (including phenoxy) is 1. The summed E-state index contributed by atoms with van der Waals surface area (Å²) >= 11 is 0. The highest BCUT2D eigenvalue weighted by Crippen LogP contribution is 2.32. The lowest BCUT2D eigenvalue weighted by Gasteiger charge is -2.22. The molecule has 1 aromatic rings. The maximum Gasteiger partial charge on any atom is 0.203 e. The number of rotatable bonds is 4. The van der Waals surface area contributed by atoms with Crippen LogP contribution in [0.5, 0.6) is 0 Å². The first-order valence-electron chi connectivity index (χ1n) is 7.64. The van der Waals surface area contributed by atoms with Gasteiger partial charge in [-0.3, -0.25) is 0 Å². The number of aromatic nitrogens is 2. The quantitative estimate of drug-likeness (QED) is 0.907. The molecule has 1 aliphatic carbocycles. The van der Waals surface area contributed by atoms with Crippen LogP contribution in [0.25, 0.3) is 0 Å². The van der Waals surface area contributed by atoms with Crippen LogP contribution in [-0.2, 0) is 4.74 Å². The fourth-order valence-corrected chi connectivity index (χ4v) is 3.35. The second kappa shape index (κ2) is 5.53. The van der Waals surface area contributed by atoms with Crippen LogP contribution in [0.3, 0.4) is 0 Å². The summed E-state index contributed by atoms with van der Waals surface area (Å²) in [7, 11) is 0. The minimum absolute atomic E-state index is 0.435. The topological polar surface area (TPSA) is 39.1 Å². The molecule has 0 radical (unpaired) electrons. The summed E-state index contributed by atoms with van der Waals surface area (Å²) in [5.74, 6) is 1.68. The standard InChI is InChI=1S/C15H25N3O/c1-11-9-18(14-5-3-4-6-14)15(16-11)17-12(2)13-7-8-19-10-13/h9,12-14H,3-8,10H2,1-2H3,(H,16,17). The number of imidazole rings is 1. The molecule has 1 aromatic heterocycles. The van der Waals surface area contributed by atoms with Gasteiger partial charge in [0.15, 0.2) is 0 Å². The number of aryl methyl sites for hydroxylation is 1. The highest BCUT2D eigenvalue weighted by atomic mass is 16.5. The average Bonchev–Trinajstić information content (AvgIpc) is 3.09. The van der Waals surface area contributed by atoms with E-state index < -0.39 is 0 Å². The summed E-state index contributed by atoms with van der Waals surface area (Å²) in [4.78, 5) is 4.68. The van der Waals surface area contributed by atoms with E-state index in [1.807, 2.05) is 0 Å². The van der Waals surface area contributed by atoms with Crippen molar-refractivity contribution in [2.45, 2.75) is 58.0 Å². The molecule has 0 spiro atoms. The molecule has 0 bridgehead atoms. The van der Waals surface area contributed by atoms with Gasteiger partial charge in [0.25, 0.3) is 0 Å². The Morgan fingerprint density at radius 3 is 2.84 bits per heavy atom. The van der Waals surface area contributed by atoms with E-state index in [2.05, 4.69) is 34.9 Å². The molecule has 2 heterocycles. The van der Waals surface area contributed by atoms with Gasteiger partial charge in [-0.05, 0) is 33.1 Å². The fourth-order valence-electron chi connectivity index (χ4n) is 3.35. The van der Waals surface area contributed by atoms with Gasteiger partial charge in [-0.25, -0.2) is 4.98 Å². The van der Waals surface area contributed by atoms with Gasteiger partial charge in [-0.15, -0.1) is 0 Å². The van der Waals surface area contributed by atoms with Crippen LogP contribution in [0.1, 0.15) is 50.8 Å². The van der Waals surface area contributed by atoms with Crippen molar-refractivity contribution >= 4 is 5.95 Å². The van der Waals surface area contributed by atoms with Gasteiger partial charge < -0.3 is 14.6 Å². The Kier molecular flexibility index (Phi) is 3.78. The Labute approximate surface area is 115 Å². The zero-order valence-corrected chi connectivity index (χ0v) is 12.1. The predicted octanol–water partition coefficient (Wildman–Crippen LogP) is 3.14. The number of nitrogens with zero attached hydrogens (tertiary/aromatic N) is 2. The number of anilines is 1. The van der Waals surface area contributed by atoms with E-state index in [-0.39, 0.29) is 0 Å². The maximum atomic E-state index is 5.48. The van der Waals surface area contributed by atoms with Crippen molar-refractivity contribution in [3.05, 3.63) is 11.9 Å². The Morgan fingerprint density at radius 1 is 1.37 bits per heavy atom. The highest BCUT2D eigenvalue weighted by molar-refractivity contribution is 5.31. The average molecular weight is 263 g/mol. The van der Waals surface area contributed by atoms with Gasteiger partial charge in [0.1, 0.15) is 0 Å². The molecule has 1 saturated heterocycles. The molecular weight excluding hydrogens is 238 g/mol. The predicted molar refractivity (Wildman–Crippen MR) is 76.5 cm³/mol. The van der Waals surface area contributed by atoms with E-state index in [9.17, 15) is 0 Å². The third-order valence-corrected chi connectivity index (χ3v) is 4.60. The number of nitrogens with one attached hydrogen (secondary N) is 1. The second-order valence-electron chi connectivity index (χ2n) is 6.11. The molecule has 0 aromatic carbocycles. The fraction of sp³-hybridized carbons (Fsp3) is 0.800. The largest absolute Gasteiger partial charge is 0.381 e. The summed E-state index contributed by atoms with van der Waals surface area (Å²) in [5, 5.41) is 3.62. The normalized spacial score (nSPS) is 25.9. The van der Waals surface area contributed by atoms with E-state index >= 15 is 0 Å². The van der Waals surface area contributed by atoms with Crippen molar-refractivity contribution in [2.75, 3.05) is 18.5 Å². The van der Waals surface area contributed by atoms with Crippen LogP contribution in [-0.4, -0.2) is 28.8 Å². The maximum absolute atomic E-state index is 5.48. The highest BCUT2D eigenvalue weighted by Gasteiger charge is 2.25. The molecule has 3 rings (SSSR count). The van der Waals surface area contributed by atoms with E-state index in [1.165, 1.54) is 25.7 Å². The third-order valence-electron chi connectivity index (χ3n) is 4.60. The lowest BCUT2D eigenvalue weighted by atomic mass is 10.0. The molecule has 4 nitrogen and oxygen atoms in total. The molecule has 2 unspecified atom stereocenters. The van der Waals surface area contributed by atoms with E-state index in [4.69, 9.17) is 4.74 Å². The molecule has 1 saturated carbocycles. The first-order chi connectivity index (χ1) is 9.24. The van der Waals surface area contributed by atoms with Crippen LogP contribution < -0.4 is 5.32 Å². The first kappa shape index (κ1) is 13.0. The summed E-state index contributed by atoms with van der Waals surface area (Å²) in [6.07, 6.45) is 8.67. The van der Waals surface area contributed by atoms with Crippen molar-refractivity contribution in [2.24, 2.45) is 5.92 Å². The molecule has 2 aliphatic rings.